The van der Waals surface area contributed by atoms with Gasteiger partial charge in [0.15, 0.2) is 5.82 Å². The van der Waals surface area contributed by atoms with Crippen molar-refractivity contribution in [3.05, 3.63) is 11.7 Å². The number of amides is 2. The van der Waals surface area contributed by atoms with E-state index in [4.69, 9.17) is 4.52 Å². The lowest BCUT2D eigenvalue weighted by atomic mass is 9.95. The van der Waals surface area contributed by atoms with E-state index < -0.39 is 0 Å². The Kier molecular flexibility index (Phi) is 4.49. The number of hydrogen-bond acceptors (Lipinski definition) is 7. The molecule has 0 aliphatic carbocycles. The predicted molar refractivity (Wildman–Crippen MR) is 79.5 cm³/mol. The van der Waals surface area contributed by atoms with Crippen molar-refractivity contribution in [1.29, 1.82) is 0 Å². The number of aryl methyl sites for hydroxylation is 2. The van der Waals surface area contributed by atoms with Crippen molar-refractivity contribution >= 4 is 12.0 Å². The lowest BCUT2D eigenvalue weighted by Gasteiger charge is -2.31. The van der Waals surface area contributed by atoms with Crippen LogP contribution >= 0.6 is 0 Å². The molecule has 1 atom stereocenters. The van der Waals surface area contributed by atoms with Gasteiger partial charge in [-0.2, -0.15) is 4.98 Å². The summed E-state index contributed by atoms with van der Waals surface area (Å²) in [5.41, 5.74) is 0. The van der Waals surface area contributed by atoms with E-state index in [1.165, 1.54) is 0 Å². The molecule has 1 aliphatic heterocycles. The number of piperidine rings is 1. The predicted octanol–water partition coefficient (Wildman–Crippen LogP) is 0.871. The van der Waals surface area contributed by atoms with Gasteiger partial charge >= 0.3 is 6.03 Å². The van der Waals surface area contributed by atoms with Crippen LogP contribution < -0.4 is 5.32 Å². The van der Waals surface area contributed by atoms with Crippen LogP contribution in [0.25, 0.3) is 0 Å². The molecule has 2 aromatic rings. The Labute approximate surface area is 133 Å². The van der Waals surface area contributed by atoms with E-state index in [2.05, 4.69) is 31.0 Å². The summed E-state index contributed by atoms with van der Waals surface area (Å²) in [6.45, 7) is 5.68. The summed E-state index contributed by atoms with van der Waals surface area (Å²) < 4.78 is 6.71. The molecule has 10 heteroatoms. The SMILES string of the molecule is CCn1nnnc1NC(=O)N1CCCC(Cc2nc(C)no2)C1. The molecule has 1 unspecified atom stereocenters. The van der Waals surface area contributed by atoms with Crippen LogP contribution in [-0.4, -0.2) is 54.4 Å². The number of nitrogens with one attached hydrogen (secondary N) is 1. The van der Waals surface area contributed by atoms with Crippen LogP contribution in [0.15, 0.2) is 4.52 Å². The molecule has 0 bridgehead atoms. The molecule has 0 radical (unpaired) electrons. The second kappa shape index (κ2) is 6.71. The molecule has 124 valence electrons. The maximum absolute atomic E-state index is 12.4. The summed E-state index contributed by atoms with van der Waals surface area (Å²) in [5.74, 6) is 1.95. The monoisotopic (exact) mass is 320 g/mol. The molecule has 1 saturated heterocycles. The van der Waals surface area contributed by atoms with Gasteiger partial charge in [0.25, 0.3) is 5.95 Å². The third kappa shape index (κ3) is 3.63. The second-order valence-corrected chi connectivity index (χ2v) is 5.64. The largest absolute Gasteiger partial charge is 0.339 e. The zero-order chi connectivity index (χ0) is 16.2. The van der Waals surface area contributed by atoms with Crippen molar-refractivity contribution in [2.75, 3.05) is 18.4 Å². The minimum atomic E-state index is -0.180. The van der Waals surface area contributed by atoms with Crippen LogP contribution in [0.4, 0.5) is 10.7 Å². The molecule has 1 fully saturated rings. The molecule has 1 N–H and O–H groups in total. The summed E-state index contributed by atoms with van der Waals surface area (Å²) in [7, 11) is 0. The quantitative estimate of drug-likeness (QED) is 0.888. The van der Waals surface area contributed by atoms with Gasteiger partial charge in [-0.3, -0.25) is 5.32 Å². The first-order valence-corrected chi connectivity index (χ1v) is 7.77. The van der Waals surface area contributed by atoms with E-state index in [0.717, 1.165) is 19.4 Å². The highest BCUT2D eigenvalue weighted by Gasteiger charge is 2.26. The maximum atomic E-state index is 12.4. The number of likely N-dealkylation sites (tertiary alicyclic amines) is 1. The van der Waals surface area contributed by atoms with E-state index in [9.17, 15) is 4.79 Å². The first-order valence-electron chi connectivity index (χ1n) is 7.77. The lowest BCUT2D eigenvalue weighted by molar-refractivity contribution is 0.172. The van der Waals surface area contributed by atoms with Crippen molar-refractivity contribution in [2.24, 2.45) is 5.92 Å². The van der Waals surface area contributed by atoms with Crippen molar-refractivity contribution in [3.63, 3.8) is 0 Å². The maximum Gasteiger partial charge on any atom is 0.324 e. The molecule has 3 heterocycles. The Balaban J connectivity index is 1.58. The Morgan fingerprint density at radius 2 is 2.35 bits per heavy atom. The number of rotatable bonds is 4. The van der Waals surface area contributed by atoms with Gasteiger partial charge in [-0.15, -0.1) is 0 Å². The Morgan fingerprint density at radius 3 is 3.09 bits per heavy atom. The molecule has 1 aliphatic rings. The van der Waals surface area contributed by atoms with E-state index in [-0.39, 0.29) is 6.03 Å². The molecule has 10 nitrogen and oxygen atoms in total. The Bertz CT molecular complexity index is 666. The fourth-order valence-electron chi connectivity index (χ4n) is 2.77. The van der Waals surface area contributed by atoms with Gasteiger partial charge in [0.05, 0.1) is 0 Å². The summed E-state index contributed by atoms with van der Waals surface area (Å²) in [4.78, 5) is 18.4. The number of nitrogens with zero attached hydrogens (tertiary/aromatic N) is 7. The normalized spacial score (nSPS) is 18.2. The van der Waals surface area contributed by atoms with Crippen LogP contribution in [0.2, 0.25) is 0 Å². The molecule has 3 rings (SSSR count). The van der Waals surface area contributed by atoms with Gasteiger partial charge in [-0.05, 0) is 43.0 Å². The highest BCUT2D eigenvalue weighted by atomic mass is 16.5. The number of urea groups is 1. The number of carbonyl (C=O) groups excluding carboxylic acids is 1. The molecule has 0 spiro atoms. The van der Waals surface area contributed by atoms with Crippen LogP contribution in [0.3, 0.4) is 0 Å². The average Bonchev–Trinajstić information content (AvgIpc) is 3.16. The molecule has 2 amide bonds. The topological polar surface area (TPSA) is 115 Å². The van der Waals surface area contributed by atoms with Crippen molar-refractivity contribution in [3.8, 4) is 0 Å². The zero-order valence-electron chi connectivity index (χ0n) is 13.3. The average molecular weight is 320 g/mol. The minimum absolute atomic E-state index is 0.180. The second-order valence-electron chi connectivity index (χ2n) is 5.64. The van der Waals surface area contributed by atoms with Crippen LogP contribution in [0.5, 0.6) is 0 Å². The van der Waals surface area contributed by atoms with Gasteiger partial charge in [0, 0.05) is 26.1 Å². The highest BCUT2D eigenvalue weighted by Crippen LogP contribution is 2.20. The summed E-state index contributed by atoms with van der Waals surface area (Å²) in [6.07, 6.45) is 2.68. The van der Waals surface area contributed by atoms with Gasteiger partial charge < -0.3 is 9.42 Å². The number of hydrogen-bond donors (Lipinski definition) is 1. The standard InChI is InChI=1S/C13H20N8O2/c1-3-21-12(16-18-19-21)15-13(22)20-6-4-5-10(8-20)7-11-14-9(2)17-23-11/h10H,3-8H2,1-2H3,(H,15,16,19,22). The first-order chi connectivity index (χ1) is 11.2. The van der Waals surface area contributed by atoms with Crippen LogP contribution in [-0.2, 0) is 13.0 Å². The fraction of sp³-hybridized carbons (Fsp3) is 0.692. The van der Waals surface area contributed by atoms with Gasteiger partial charge in [-0.25, -0.2) is 9.48 Å². The minimum Gasteiger partial charge on any atom is -0.339 e. The molecule has 0 saturated carbocycles. The summed E-state index contributed by atoms with van der Waals surface area (Å²) >= 11 is 0. The molecule has 2 aromatic heterocycles. The van der Waals surface area contributed by atoms with Crippen LogP contribution in [0, 0.1) is 12.8 Å². The highest BCUT2D eigenvalue weighted by molar-refractivity contribution is 5.87. The molecular formula is C13H20N8O2. The third-order valence-electron chi connectivity index (χ3n) is 3.89. The summed E-state index contributed by atoms with van der Waals surface area (Å²) in [5, 5.41) is 17.8. The van der Waals surface area contributed by atoms with Crippen LogP contribution in [0.1, 0.15) is 31.5 Å². The molecule has 0 aromatic carbocycles. The van der Waals surface area contributed by atoms with E-state index in [0.29, 0.717) is 43.1 Å². The van der Waals surface area contributed by atoms with Crippen molar-refractivity contribution in [1.82, 2.24) is 35.2 Å². The smallest absolute Gasteiger partial charge is 0.324 e. The number of tetrazole rings is 1. The third-order valence-corrected chi connectivity index (χ3v) is 3.89. The van der Waals surface area contributed by atoms with Gasteiger partial charge in [0.2, 0.25) is 5.89 Å². The Hall–Kier alpha value is -2.52. The lowest BCUT2D eigenvalue weighted by Crippen LogP contribution is -2.43. The summed E-state index contributed by atoms with van der Waals surface area (Å²) in [6, 6.07) is -0.180. The molecular weight excluding hydrogens is 300 g/mol. The fourth-order valence-corrected chi connectivity index (χ4v) is 2.77. The zero-order valence-corrected chi connectivity index (χ0v) is 13.3. The molecule has 23 heavy (non-hydrogen) atoms. The van der Waals surface area contributed by atoms with E-state index in [1.54, 1.807) is 16.5 Å². The van der Waals surface area contributed by atoms with Crippen molar-refractivity contribution < 1.29 is 9.32 Å². The first kappa shape index (κ1) is 15.4. The number of aromatic nitrogens is 6. The number of anilines is 1. The van der Waals surface area contributed by atoms with Gasteiger partial charge in [-0.1, -0.05) is 10.3 Å². The Morgan fingerprint density at radius 1 is 1.48 bits per heavy atom. The number of carbonyl (C=O) groups is 1. The van der Waals surface area contributed by atoms with E-state index >= 15 is 0 Å². The van der Waals surface area contributed by atoms with E-state index in [1.807, 2.05) is 6.92 Å². The van der Waals surface area contributed by atoms with Gasteiger partial charge in [0.1, 0.15) is 0 Å². The van der Waals surface area contributed by atoms with Crippen molar-refractivity contribution in [2.45, 2.75) is 39.7 Å².